The summed E-state index contributed by atoms with van der Waals surface area (Å²) in [5, 5.41) is 6.25. The average Bonchev–Trinajstić information content (AvgIpc) is 2.92. The Bertz CT molecular complexity index is 598. The van der Waals surface area contributed by atoms with Gasteiger partial charge in [-0.2, -0.15) is 9.97 Å². The Hall–Kier alpha value is -2.42. The Labute approximate surface area is 121 Å². The minimum atomic E-state index is -0.487. The van der Waals surface area contributed by atoms with E-state index in [2.05, 4.69) is 37.5 Å². The number of aromatic amines is 1. The molecule has 0 saturated heterocycles. The van der Waals surface area contributed by atoms with Gasteiger partial charge in [-0.05, 0) is 6.42 Å². The smallest absolute Gasteiger partial charge is 0.243 e. The van der Waals surface area contributed by atoms with Crippen LogP contribution >= 0.6 is 0 Å². The molecule has 0 aliphatic heterocycles. The summed E-state index contributed by atoms with van der Waals surface area (Å²) in [6, 6.07) is 0. The third-order valence-corrected chi connectivity index (χ3v) is 2.60. The van der Waals surface area contributed by atoms with E-state index in [9.17, 15) is 4.79 Å². The number of ether oxygens (including phenoxy) is 1. The number of anilines is 2. The first-order chi connectivity index (χ1) is 10.2. The van der Waals surface area contributed by atoms with Gasteiger partial charge in [-0.25, -0.2) is 4.98 Å². The molecule has 0 atom stereocenters. The minimum Gasteiger partial charge on any atom is -0.370 e. The highest BCUT2D eigenvalue weighted by molar-refractivity contribution is 5.83. The van der Waals surface area contributed by atoms with Crippen molar-refractivity contribution in [1.82, 2.24) is 19.9 Å². The van der Waals surface area contributed by atoms with Gasteiger partial charge in [0, 0.05) is 13.1 Å². The second-order valence-corrected chi connectivity index (χ2v) is 4.37. The van der Waals surface area contributed by atoms with Gasteiger partial charge < -0.3 is 26.1 Å². The summed E-state index contributed by atoms with van der Waals surface area (Å²) >= 11 is 0. The van der Waals surface area contributed by atoms with Crippen molar-refractivity contribution < 1.29 is 9.53 Å². The molecule has 114 valence electrons. The molecule has 0 spiro atoms. The lowest BCUT2D eigenvalue weighted by molar-refractivity contribution is -0.122. The first-order valence-electron chi connectivity index (χ1n) is 6.75. The molecule has 1 amide bonds. The maximum absolute atomic E-state index is 10.6. The molecule has 2 aromatic rings. The lowest BCUT2D eigenvalue weighted by atomic mass is 10.4. The number of aromatic nitrogens is 4. The summed E-state index contributed by atoms with van der Waals surface area (Å²) in [4.78, 5) is 26.4. The fourth-order valence-corrected chi connectivity index (χ4v) is 1.69. The largest absolute Gasteiger partial charge is 0.370 e. The highest BCUT2D eigenvalue weighted by Crippen LogP contribution is 2.18. The maximum atomic E-state index is 10.6. The Morgan fingerprint density at radius 3 is 3.00 bits per heavy atom. The summed E-state index contributed by atoms with van der Waals surface area (Å²) in [7, 11) is 0. The number of H-pyrrole nitrogens is 1. The first-order valence-corrected chi connectivity index (χ1v) is 6.75. The average molecular weight is 293 g/mol. The van der Waals surface area contributed by atoms with Crippen molar-refractivity contribution in [3.63, 3.8) is 0 Å². The van der Waals surface area contributed by atoms with Gasteiger partial charge in [0.1, 0.15) is 12.1 Å². The third kappa shape index (κ3) is 4.28. The van der Waals surface area contributed by atoms with Crippen molar-refractivity contribution in [2.45, 2.75) is 13.3 Å². The number of primary amides is 1. The molecule has 5 N–H and O–H groups in total. The van der Waals surface area contributed by atoms with Gasteiger partial charge >= 0.3 is 0 Å². The van der Waals surface area contributed by atoms with Gasteiger partial charge in [-0.15, -0.1) is 0 Å². The molecule has 9 nitrogen and oxygen atoms in total. The molecule has 2 aromatic heterocycles. The van der Waals surface area contributed by atoms with Gasteiger partial charge in [-0.1, -0.05) is 6.92 Å². The molecule has 0 radical (unpaired) electrons. The second-order valence-electron chi connectivity index (χ2n) is 4.37. The molecule has 0 saturated carbocycles. The van der Waals surface area contributed by atoms with Crippen LogP contribution < -0.4 is 16.4 Å². The van der Waals surface area contributed by atoms with Crippen molar-refractivity contribution in [3.05, 3.63) is 6.33 Å². The van der Waals surface area contributed by atoms with Crippen LogP contribution in [0.3, 0.4) is 0 Å². The number of nitrogens with two attached hydrogens (primary N) is 1. The van der Waals surface area contributed by atoms with E-state index in [0.717, 1.165) is 18.5 Å². The number of rotatable bonds is 9. The van der Waals surface area contributed by atoms with E-state index in [4.69, 9.17) is 10.5 Å². The lowest BCUT2D eigenvalue weighted by Crippen LogP contribution is -2.21. The van der Waals surface area contributed by atoms with Crippen molar-refractivity contribution in [2.75, 3.05) is 36.9 Å². The number of nitrogens with zero attached hydrogens (tertiary/aromatic N) is 3. The molecule has 9 heteroatoms. The number of nitrogens with one attached hydrogen (secondary N) is 3. The number of hydrogen-bond donors (Lipinski definition) is 4. The van der Waals surface area contributed by atoms with E-state index in [1.807, 2.05) is 0 Å². The number of imidazole rings is 1. The van der Waals surface area contributed by atoms with Crippen LogP contribution in [0.4, 0.5) is 11.8 Å². The standard InChI is InChI=1S/C12H19N7O2/c1-2-3-15-12-18-10(9-11(19-12)17-7-16-9)14-4-5-21-6-8(13)20/h7H,2-6H2,1H3,(H2,13,20)(H3,14,15,16,17,18,19). The van der Waals surface area contributed by atoms with Gasteiger partial charge in [0.2, 0.25) is 11.9 Å². The van der Waals surface area contributed by atoms with Gasteiger partial charge in [-0.3, -0.25) is 4.79 Å². The molecular weight excluding hydrogens is 274 g/mol. The predicted molar refractivity (Wildman–Crippen MR) is 79.0 cm³/mol. The zero-order chi connectivity index (χ0) is 15.1. The van der Waals surface area contributed by atoms with E-state index in [0.29, 0.717) is 30.6 Å². The molecule has 0 aliphatic rings. The Morgan fingerprint density at radius 1 is 1.38 bits per heavy atom. The predicted octanol–water partition coefficient (Wildman–Crippen LogP) is 0.0886. The van der Waals surface area contributed by atoms with Crippen LogP contribution in [-0.2, 0) is 9.53 Å². The van der Waals surface area contributed by atoms with Crippen molar-refractivity contribution in [2.24, 2.45) is 5.73 Å². The van der Waals surface area contributed by atoms with Crippen LogP contribution in [-0.4, -0.2) is 52.1 Å². The van der Waals surface area contributed by atoms with Crippen molar-refractivity contribution in [1.29, 1.82) is 0 Å². The van der Waals surface area contributed by atoms with Crippen molar-refractivity contribution in [3.8, 4) is 0 Å². The molecular formula is C12H19N7O2. The van der Waals surface area contributed by atoms with E-state index in [1.165, 1.54) is 0 Å². The summed E-state index contributed by atoms with van der Waals surface area (Å²) < 4.78 is 5.08. The Kier molecular flexibility index (Phi) is 5.27. The minimum absolute atomic E-state index is 0.0891. The fraction of sp³-hybridized carbons (Fsp3) is 0.500. The molecule has 0 unspecified atom stereocenters. The molecule has 0 fully saturated rings. The van der Waals surface area contributed by atoms with Crippen LogP contribution in [0, 0.1) is 0 Å². The first kappa shape index (κ1) is 15.0. The lowest BCUT2D eigenvalue weighted by Gasteiger charge is -2.09. The number of amides is 1. The molecule has 0 aliphatic carbocycles. The second kappa shape index (κ2) is 7.39. The van der Waals surface area contributed by atoms with E-state index >= 15 is 0 Å². The molecule has 0 bridgehead atoms. The quantitative estimate of drug-likeness (QED) is 0.482. The normalized spacial score (nSPS) is 10.7. The zero-order valence-electron chi connectivity index (χ0n) is 11.8. The van der Waals surface area contributed by atoms with E-state index in [1.54, 1.807) is 6.33 Å². The molecule has 0 aromatic carbocycles. The highest BCUT2D eigenvalue weighted by atomic mass is 16.5. The van der Waals surface area contributed by atoms with Crippen LogP contribution in [0.25, 0.3) is 11.2 Å². The fourth-order valence-electron chi connectivity index (χ4n) is 1.69. The maximum Gasteiger partial charge on any atom is 0.243 e. The monoisotopic (exact) mass is 293 g/mol. The SMILES string of the molecule is CCCNc1nc(NCCOCC(N)=O)c2[nH]cnc2n1. The van der Waals surface area contributed by atoms with E-state index < -0.39 is 5.91 Å². The summed E-state index contributed by atoms with van der Waals surface area (Å²) in [5.41, 5.74) is 6.30. The van der Waals surface area contributed by atoms with Crippen LogP contribution in [0.5, 0.6) is 0 Å². The zero-order valence-corrected chi connectivity index (χ0v) is 11.8. The van der Waals surface area contributed by atoms with Crippen LogP contribution in [0.1, 0.15) is 13.3 Å². The summed E-state index contributed by atoms with van der Waals surface area (Å²) in [5.74, 6) is 0.676. The molecule has 2 rings (SSSR count). The summed E-state index contributed by atoms with van der Waals surface area (Å²) in [6.07, 6.45) is 2.55. The third-order valence-electron chi connectivity index (χ3n) is 2.60. The van der Waals surface area contributed by atoms with Gasteiger partial charge in [0.15, 0.2) is 11.5 Å². The topological polar surface area (TPSA) is 131 Å². The summed E-state index contributed by atoms with van der Waals surface area (Å²) in [6.45, 7) is 3.60. The molecule has 21 heavy (non-hydrogen) atoms. The molecule has 2 heterocycles. The van der Waals surface area contributed by atoms with Crippen LogP contribution in [0.15, 0.2) is 6.33 Å². The Morgan fingerprint density at radius 2 is 2.24 bits per heavy atom. The number of carbonyl (C=O) groups excluding carboxylic acids is 1. The van der Waals surface area contributed by atoms with Crippen LogP contribution in [0.2, 0.25) is 0 Å². The van der Waals surface area contributed by atoms with Gasteiger partial charge in [0.05, 0.1) is 12.9 Å². The van der Waals surface area contributed by atoms with E-state index in [-0.39, 0.29) is 6.61 Å². The number of carbonyl (C=O) groups is 1. The highest BCUT2D eigenvalue weighted by Gasteiger charge is 2.09. The van der Waals surface area contributed by atoms with Crippen molar-refractivity contribution >= 4 is 28.8 Å². The number of fused-ring (bicyclic) bond motifs is 1. The van der Waals surface area contributed by atoms with Gasteiger partial charge in [0.25, 0.3) is 0 Å². The Balaban J connectivity index is 1.99. The number of hydrogen-bond acceptors (Lipinski definition) is 7.